The third-order valence-corrected chi connectivity index (χ3v) is 3.19. The van der Waals surface area contributed by atoms with Crippen LogP contribution in [0, 0.1) is 5.92 Å². The van der Waals surface area contributed by atoms with Crippen molar-refractivity contribution in [2.75, 3.05) is 34.0 Å². The van der Waals surface area contributed by atoms with E-state index in [-0.39, 0.29) is 0 Å². The Hall–Kier alpha value is -0.900. The topological polar surface area (TPSA) is 30.5 Å². The minimum atomic E-state index is 0.386. The van der Waals surface area contributed by atoms with Crippen LogP contribution in [0.4, 0.5) is 0 Å². The molecule has 102 valence electrons. The zero-order chi connectivity index (χ0) is 13.2. The quantitative estimate of drug-likeness (QED) is 0.684. The van der Waals surface area contributed by atoms with Crippen molar-refractivity contribution in [1.82, 2.24) is 5.32 Å². The predicted octanol–water partition coefficient (Wildman–Crippen LogP) is 2.64. The Morgan fingerprint density at radius 2 is 1.83 bits per heavy atom. The van der Waals surface area contributed by atoms with Gasteiger partial charge in [-0.2, -0.15) is 0 Å². The number of methoxy groups -OCH3 is 1. The van der Waals surface area contributed by atoms with Crippen molar-refractivity contribution < 1.29 is 9.47 Å². The second kappa shape index (κ2) is 9.09. The maximum absolute atomic E-state index is 5.52. The molecule has 2 atom stereocenters. The number of rotatable bonds is 9. The van der Waals surface area contributed by atoms with Crippen molar-refractivity contribution in [3.05, 3.63) is 35.9 Å². The lowest BCUT2D eigenvalue weighted by molar-refractivity contribution is 0.0624. The van der Waals surface area contributed by atoms with Gasteiger partial charge in [-0.05, 0) is 24.9 Å². The van der Waals surface area contributed by atoms with Gasteiger partial charge in [0.05, 0.1) is 13.2 Å². The fourth-order valence-electron chi connectivity index (χ4n) is 2.12. The van der Waals surface area contributed by atoms with Crippen molar-refractivity contribution in [2.24, 2.45) is 5.92 Å². The van der Waals surface area contributed by atoms with Gasteiger partial charge < -0.3 is 14.8 Å². The molecule has 1 rings (SSSR count). The van der Waals surface area contributed by atoms with Gasteiger partial charge in [-0.25, -0.2) is 0 Å². The first-order chi connectivity index (χ1) is 8.79. The van der Waals surface area contributed by atoms with Gasteiger partial charge in [-0.15, -0.1) is 0 Å². The average molecular weight is 251 g/mol. The molecule has 3 nitrogen and oxygen atoms in total. The summed E-state index contributed by atoms with van der Waals surface area (Å²) in [6.07, 6.45) is 1.05. The number of nitrogens with one attached hydrogen (secondary N) is 1. The molecule has 1 aromatic rings. The van der Waals surface area contributed by atoms with Crippen LogP contribution in [0.25, 0.3) is 0 Å². The Morgan fingerprint density at radius 1 is 1.11 bits per heavy atom. The van der Waals surface area contributed by atoms with E-state index >= 15 is 0 Å². The predicted molar refractivity (Wildman–Crippen MR) is 74.7 cm³/mol. The van der Waals surface area contributed by atoms with Crippen molar-refractivity contribution in [1.29, 1.82) is 0 Å². The summed E-state index contributed by atoms with van der Waals surface area (Å²) in [6.45, 7) is 4.39. The third-order valence-electron chi connectivity index (χ3n) is 3.19. The van der Waals surface area contributed by atoms with E-state index in [4.69, 9.17) is 9.47 Å². The maximum atomic E-state index is 5.52. The average Bonchev–Trinajstić information content (AvgIpc) is 2.40. The van der Waals surface area contributed by atoms with Crippen molar-refractivity contribution in [3.8, 4) is 0 Å². The summed E-state index contributed by atoms with van der Waals surface area (Å²) in [5, 5.41) is 3.39. The molecule has 18 heavy (non-hydrogen) atoms. The Balaban J connectivity index is 2.36. The molecule has 0 aliphatic heterocycles. The fraction of sp³-hybridized carbons (Fsp3) is 0.600. The lowest BCUT2D eigenvalue weighted by Gasteiger charge is -2.24. The first-order valence-corrected chi connectivity index (χ1v) is 6.58. The molecule has 2 unspecified atom stereocenters. The highest BCUT2D eigenvalue weighted by Gasteiger charge is 2.16. The smallest absolute Gasteiger partial charge is 0.0700 e. The highest BCUT2D eigenvalue weighted by Crippen LogP contribution is 2.23. The number of ether oxygens (including phenoxy) is 2. The van der Waals surface area contributed by atoms with Gasteiger partial charge in [0.1, 0.15) is 0 Å². The van der Waals surface area contributed by atoms with E-state index in [0.29, 0.717) is 25.2 Å². The molecule has 0 bridgehead atoms. The van der Waals surface area contributed by atoms with Gasteiger partial charge in [-0.1, -0.05) is 37.3 Å². The van der Waals surface area contributed by atoms with Crippen LogP contribution in [0.5, 0.6) is 0 Å². The molecular weight excluding hydrogens is 226 g/mol. The zero-order valence-corrected chi connectivity index (χ0v) is 11.7. The molecule has 0 fully saturated rings. The van der Waals surface area contributed by atoms with E-state index < -0.39 is 0 Å². The van der Waals surface area contributed by atoms with Gasteiger partial charge in [0.15, 0.2) is 0 Å². The molecule has 0 aliphatic rings. The van der Waals surface area contributed by atoms with E-state index in [1.165, 1.54) is 5.56 Å². The Labute approximate surface area is 110 Å². The van der Waals surface area contributed by atoms with E-state index in [1.54, 1.807) is 7.11 Å². The first-order valence-electron chi connectivity index (χ1n) is 6.58. The van der Waals surface area contributed by atoms with Crippen LogP contribution >= 0.6 is 0 Å². The van der Waals surface area contributed by atoms with Crippen LogP contribution < -0.4 is 5.32 Å². The highest BCUT2D eigenvalue weighted by molar-refractivity contribution is 5.19. The molecule has 1 aromatic carbocycles. The summed E-state index contributed by atoms with van der Waals surface area (Å²) in [7, 11) is 3.71. The largest absolute Gasteiger partial charge is 0.382 e. The third kappa shape index (κ3) is 5.17. The standard InChI is InChI=1S/C15H25NO2/c1-13(9-10-18-12-11-17-3)15(16-2)14-7-5-4-6-8-14/h4-8,13,15-16H,9-12H2,1-3H3. The molecule has 0 heterocycles. The monoisotopic (exact) mass is 251 g/mol. The van der Waals surface area contributed by atoms with Crippen molar-refractivity contribution >= 4 is 0 Å². The zero-order valence-electron chi connectivity index (χ0n) is 11.7. The van der Waals surface area contributed by atoms with Gasteiger partial charge in [0, 0.05) is 19.8 Å². The Kier molecular flexibility index (Phi) is 7.65. The minimum absolute atomic E-state index is 0.386. The van der Waals surface area contributed by atoms with Crippen LogP contribution in [0.1, 0.15) is 24.9 Å². The molecule has 1 N–H and O–H groups in total. The van der Waals surface area contributed by atoms with E-state index in [2.05, 4.69) is 42.6 Å². The number of hydrogen-bond acceptors (Lipinski definition) is 3. The number of benzene rings is 1. The molecule has 0 aliphatic carbocycles. The highest BCUT2D eigenvalue weighted by atomic mass is 16.5. The van der Waals surface area contributed by atoms with Gasteiger partial charge >= 0.3 is 0 Å². The Bertz CT molecular complexity index is 303. The molecule has 0 aromatic heterocycles. The van der Waals surface area contributed by atoms with Gasteiger partial charge in [0.25, 0.3) is 0 Å². The second-order valence-corrected chi connectivity index (χ2v) is 4.55. The van der Waals surface area contributed by atoms with Crippen LogP contribution in [0.3, 0.4) is 0 Å². The molecule has 0 saturated heterocycles. The van der Waals surface area contributed by atoms with Crippen LogP contribution in [0.15, 0.2) is 30.3 Å². The molecule has 0 amide bonds. The van der Waals surface area contributed by atoms with Gasteiger partial charge in [0.2, 0.25) is 0 Å². The molecule has 0 radical (unpaired) electrons. The van der Waals surface area contributed by atoms with Crippen LogP contribution in [-0.2, 0) is 9.47 Å². The van der Waals surface area contributed by atoms with Crippen LogP contribution in [0.2, 0.25) is 0 Å². The first kappa shape index (κ1) is 15.2. The lowest BCUT2D eigenvalue weighted by Crippen LogP contribution is -2.24. The normalized spacial score (nSPS) is 14.4. The van der Waals surface area contributed by atoms with Gasteiger partial charge in [-0.3, -0.25) is 0 Å². The van der Waals surface area contributed by atoms with E-state index in [9.17, 15) is 0 Å². The molecular formula is C15H25NO2. The van der Waals surface area contributed by atoms with Crippen LogP contribution in [-0.4, -0.2) is 34.0 Å². The van der Waals surface area contributed by atoms with E-state index in [0.717, 1.165) is 13.0 Å². The Morgan fingerprint density at radius 3 is 2.44 bits per heavy atom. The summed E-state index contributed by atoms with van der Waals surface area (Å²) in [6, 6.07) is 10.9. The summed E-state index contributed by atoms with van der Waals surface area (Å²) >= 11 is 0. The van der Waals surface area contributed by atoms with E-state index in [1.807, 2.05) is 7.05 Å². The molecule has 0 spiro atoms. The number of hydrogen-bond donors (Lipinski definition) is 1. The van der Waals surface area contributed by atoms with Crippen molar-refractivity contribution in [3.63, 3.8) is 0 Å². The maximum Gasteiger partial charge on any atom is 0.0700 e. The molecule has 0 saturated carbocycles. The summed E-state index contributed by atoms with van der Waals surface area (Å²) in [5.74, 6) is 0.542. The summed E-state index contributed by atoms with van der Waals surface area (Å²) in [4.78, 5) is 0. The molecule has 3 heteroatoms. The second-order valence-electron chi connectivity index (χ2n) is 4.55. The summed E-state index contributed by atoms with van der Waals surface area (Å²) < 4.78 is 10.5. The lowest BCUT2D eigenvalue weighted by atomic mass is 9.92. The minimum Gasteiger partial charge on any atom is -0.382 e. The fourth-order valence-corrected chi connectivity index (χ4v) is 2.12. The van der Waals surface area contributed by atoms with Crippen molar-refractivity contribution in [2.45, 2.75) is 19.4 Å². The SMILES string of the molecule is CNC(c1ccccc1)C(C)CCOCCOC. The summed E-state index contributed by atoms with van der Waals surface area (Å²) in [5.41, 5.74) is 1.34.